The van der Waals surface area contributed by atoms with E-state index in [1.165, 1.54) is 0 Å². The van der Waals surface area contributed by atoms with Crippen molar-refractivity contribution in [2.45, 2.75) is 4.90 Å². The molecule has 1 fully saturated rings. The summed E-state index contributed by atoms with van der Waals surface area (Å²) in [5.74, 6) is 0. The van der Waals surface area contributed by atoms with Crippen LogP contribution in [-0.4, -0.2) is 34.6 Å². The van der Waals surface area contributed by atoms with Crippen LogP contribution in [0.3, 0.4) is 0 Å². The first kappa shape index (κ1) is 13.4. The number of anilines is 1. The van der Waals surface area contributed by atoms with Gasteiger partial charge in [-0.2, -0.15) is 0 Å². The van der Waals surface area contributed by atoms with Crippen LogP contribution in [0.4, 0.5) is 5.69 Å². The monoisotopic (exact) mass is 291 g/mol. The largest absolute Gasteiger partial charge is 0.368 e. The third-order valence-corrected chi connectivity index (χ3v) is 4.59. The number of nitrogens with zero attached hydrogens (tertiary/aromatic N) is 1. The van der Waals surface area contributed by atoms with Crippen LogP contribution in [0.5, 0.6) is 0 Å². The first-order valence-electron chi connectivity index (χ1n) is 6.57. The van der Waals surface area contributed by atoms with Gasteiger partial charge in [-0.1, -0.05) is 24.3 Å². The molecule has 5 nitrogen and oxygen atoms in total. The molecule has 0 spiro atoms. The highest BCUT2D eigenvalue weighted by Gasteiger charge is 2.18. The van der Waals surface area contributed by atoms with Crippen LogP contribution in [0.25, 0.3) is 10.8 Å². The van der Waals surface area contributed by atoms with Crippen molar-refractivity contribution in [3.05, 3.63) is 36.4 Å². The van der Waals surface area contributed by atoms with E-state index in [1.807, 2.05) is 24.3 Å². The fourth-order valence-corrected chi connectivity index (χ4v) is 3.43. The zero-order valence-electron chi connectivity index (χ0n) is 11.0. The van der Waals surface area contributed by atoms with Crippen LogP contribution in [0.15, 0.2) is 41.3 Å². The van der Waals surface area contributed by atoms with E-state index in [0.717, 1.165) is 37.3 Å². The Morgan fingerprint density at radius 2 is 1.65 bits per heavy atom. The number of rotatable bonds is 2. The van der Waals surface area contributed by atoms with Gasteiger partial charge in [0.15, 0.2) is 0 Å². The minimum atomic E-state index is -3.71. The summed E-state index contributed by atoms with van der Waals surface area (Å²) in [5, 5.41) is 10.2. The van der Waals surface area contributed by atoms with Crippen LogP contribution in [0.2, 0.25) is 0 Å². The van der Waals surface area contributed by atoms with Gasteiger partial charge in [-0.15, -0.1) is 0 Å². The standard InChI is InChI=1S/C14H17N3O2S/c15-20(18,19)14-6-5-13(17-9-7-16-8-10-17)11-3-1-2-4-12(11)14/h1-6,16H,7-10H2,(H2,15,18,19). The molecule has 0 radical (unpaired) electrons. The number of primary sulfonamides is 1. The number of piperazine rings is 1. The molecular formula is C14H17N3O2S. The minimum absolute atomic E-state index is 0.187. The second-order valence-corrected chi connectivity index (χ2v) is 6.44. The molecule has 1 heterocycles. The molecule has 2 aromatic rings. The number of nitrogens with two attached hydrogens (primary N) is 1. The Balaban J connectivity index is 2.21. The normalized spacial score (nSPS) is 16.6. The minimum Gasteiger partial charge on any atom is -0.368 e. The first-order valence-corrected chi connectivity index (χ1v) is 8.12. The number of sulfonamides is 1. The van der Waals surface area contributed by atoms with Gasteiger partial charge in [-0.05, 0) is 12.1 Å². The van der Waals surface area contributed by atoms with Gasteiger partial charge in [0, 0.05) is 42.6 Å². The Morgan fingerprint density at radius 3 is 2.30 bits per heavy atom. The average Bonchev–Trinajstić information content (AvgIpc) is 2.46. The van der Waals surface area contributed by atoms with Crippen molar-refractivity contribution in [2.24, 2.45) is 5.14 Å². The molecule has 0 aromatic heterocycles. The molecule has 6 heteroatoms. The molecule has 1 aliphatic heterocycles. The number of hydrogen-bond donors (Lipinski definition) is 2. The SMILES string of the molecule is NS(=O)(=O)c1ccc(N2CCNCC2)c2ccccc12. The van der Waals surface area contributed by atoms with Crippen molar-refractivity contribution in [2.75, 3.05) is 31.1 Å². The lowest BCUT2D eigenvalue weighted by Gasteiger charge is -2.30. The highest BCUT2D eigenvalue weighted by molar-refractivity contribution is 7.89. The quantitative estimate of drug-likeness (QED) is 0.862. The number of benzene rings is 2. The second-order valence-electron chi connectivity index (χ2n) is 4.91. The molecule has 3 rings (SSSR count). The van der Waals surface area contributed by atoms with E-state index >= 15 is 0 Å². The maximum Gasteiger partial charge on any atom is 0.238 e. The van der Waals surface area contributed by atoms with Gasteiger partial charge >= 0.3 is 0 Å². The van der Waals surface area contributed by atoms with Crippen LogP contribution in [-0.2, 0) is 10.0 Å². The van der Waals surface area contributed by atoms with Crippen LogP contribution < -0.4 is 15.4 Å². The summed E-state index contributed by atoms with van der Waals surface area (Å²) >= 11 is 0. The van der Waals surface area contributed by atoms with Gasteiger partial charge in [-0.3, -0.25) is 0 Å². The van der Waals surface area contributed by atoms with Crippen molar-refractivity contribution in [1.29, 1.82) is 0 Å². The number of nitrogens with one attached hydrogen (secondary N) is 1. The number of fused-ring (bicyclic) bond motifs is 1. The third kappa shape index (κ3) is 2.37. The molecule has 0 atom stereocenters. The van der Waals surface area contributed by atoms with Gasteiger partial charge in [0.1, 0.15) is 0 Å². The van der Waals surface area contributed by atoms with E-state index in [2.05, 4.69) is 10.2 Å². The molecule has 0 saturated carbocycles. The molecule has 1 saturated heterocycles. The molecule has 1 aliphatic rings. The third-order valence-electron chi connectivity index (χ3n) is 3.63. The van der Waals surface area contributed by atoms with E-state index in [9.17, 15) is 8.42 Å². The summed E-state index contributed by atoms with van der Waals surface area (Å²) in [6.07, 6.45) is 0. The molecule has 106 valence electrons. The second kappa shape index (κ2) is 5.05. The Bertz CT molecular complexity index is 737. The molecule has 20 heavy (non-hydrogen) atoms. The summed E-state index contributed by atoms with van der Waals surface area (Å²) in [5.41, 5.74) is 1.06. The van der Waals surface area contributed by atoms with Crippen molar-refractivity contribution in [1.82, 2.24) is 5.32 Å². The highest BCUT2D eigenvalue weighted by Crippen LogP contribution is 2.31. The topological polar surface area (TPSA) is 75.4 Å². The van der Waals surface area contributed by atoms with Gasteiger partial charge in [0.25, 0.3) is 0 Å². The molecule has 3 N–H and O–H groups in total. The first-order chi connectivity index (χ1) is 9.57. The van der Waals surface area contributed by atoms with Crippen LogP contribution in [0.1, 0.15) is 0 Å². The molecule has 0 amide bonds. The highest BCUT2D eigenvalue weighted by atomic mass is 32.2. The fourth-order valence-electron chi connectivity index (χ4n) is 2.69. The van der Waals surface area contributed by atoms with E-state index in [0.29, 0.717) is 5.39 Å². The maximum atomic E-state index is 11.7. The fraction of sp³-hybridized carbons (Fsp3) is 0.286. The molecule has 0 unspecified atom stereocenters. The van der Waals surface area contributed by atoms with Crippen LogP contribution in [0, 0.1) is 0 Å². The van der Waals surface area contributed by atoms with Crippen LogP contribution >= 0.6 is 0 Å². The zero-order valence-corrected chi connectivity index (χ0v) is 11.9. The van der Waals surface area contributed by atoms with E-state index in [4.69, 9.17) is 5.14 Å². The molecule has 0 aliphatic carbocycles. The van der Waals surface area contributed by atoms with Crippen molar-refractivity contribution in [3.63, 3.8) is 0 Å². The lowest BCUT2D eigenvalue weighted by molar-refractivity contribution is 0.590. The molecule has 0 bridgehead atoms. The van der Waals surface area contributed by atoms with E-state index in [-0.39, 0.29) is 4.90 Å². The smallest absolute Gasteiger partial charge is 0.238 e. The predicted molar refractivity (Wildman–Crippen MR) is 80.4 cm³/mol. The number of hydrogen-bond acceptors (Lipinski definition) is 4. The molecular weight excluding hydrogens is 274 g/mol. The van der Waals surface area contributed by atoms with Gasteiger partial charge in [-0.25, -0.2) is 13.6 Å². The van der Waals surface area contributed by atoms with Crippen molar-refractivity contribution in [3.8, 4) is 0 Å². The Morgan fingerprint density at radius 1 is 1.00 bits per heavy atom. The van der Waals surface area contributed by atoms with Gasteiger partial charge in [0.05, 0.1) is 4.90 Å². The Kier molecular flexibility index (Phi) is 3.37. The average molecular weight is 291 g/mol. The van der Waals surface area contributed by atoms with Crippen molar-refractivity contribution < 1.29 is 8.42 Å². The summed E-state index contributed by atoms with van der Waals surface area (Å²) in [7, 11) is -3.71. The summed E-state index contributed by atoms with van der Waals surface area (Å²) in [6.45, 7) is 3.70. The van der Waals surface area contributed by atoms with Gasteiger partial charge in [0.2, 0.25) is 10.0 Å². The lowest BCUT2D eigenvalue weighted by Crippen LogP contribution is -2.43. The summed E-state index contributed by atoms with van der Waals surface area (Å²) in [4.78, 5) is 2.46. The summed E-state index contributed by atoms with van der Waals surface area (Å²) < 4.78 is 23.4. The Hall–Kier alpha value is -1.63. The predicted octanol–water partition coefficient (Wildman–Crippen LogP) is 0.897. The lowest BCUT2D eigenvalue weighted by atomic mass is 10.1. The maximum absolute atomic E-state index is 11.7. The zero-order chi connectivity index (χ0) is 14.2. The van der Waals surface area contributed by atoms with Crippen molar-refractivity contribution >= 4 is 26.5 Å². The summed E-state index contributed by atoms with van der Waals surface area (Å²) in [6, 6.07) is 11.0. The molecule has 2 aromatic carbocycles. The Labute approximate surface area is 118 Å². The van der Waals surface area contributed by atoms with Gasteiger partial charge < -0.3 is 10.2 Å². The van der Waals surface area contributed by atoms with E-state index in [1.54, 1.807) is 12.1 Å². The van der Waals surface area contributed by atoms with E-state index < -0.39 is 10.0 Å².